The number of aryl methyl sites for hydroxylation is 1. The standard InChI is InChI=1S/C20H14N4O2/c1-13-17(15(12-21)20(26-13)24-10-2-3-11-24)19(25)23-16-8-4-6-14-7-5-9-22-18(14)16/h2-11H,1H3,(H,23,25). The van der Waals surface area contributed by atoms with Crippen molar-refractivity contribution in [2.75, 3.05) is 5.32 Å². The summed E-state index contributed by atoms with van der Waals surface area (Å²) >= 11 is 0. The number of amides is 1. The third-order valence-corrected chi connectivity index (χ3v) is 4.12. The maximum Gasteiger partial charge on any atom is 0.260 e. The molecule has 4 aromatic rings. The molecule has 4 rings (SSSR count). The average molecular weight is 342 g/mol. The van der Waals surface area contributed by atoms with E-state index in [0.29, 0.717) is 22.8 Å². The number of nitrogens with zero attached hydrogens (tertiary/aromatic N) is 3. The molecule has 0 aliphatic rings. The van der Waals surface area contributed by atoms with Gasteiger partial charge in [0.05, 0.1) is 11.2 Å². The summed E-state index contributed by atoms with van der Waals surface area (Å²) in [6.07, 6.45) is 5.19. The van der Waals surface area contributed by atoms with E-state index in [1.54, 1.807) is 36.1 Å². The molecular formula is C20H14N4O2. The number of carbonyl (C=O) groups excluding carboxylic acids is 1. The van der Waals surface area contributed by atoms with Crippen LogP contribution in [-0.4, -0.2) is 15.5 Å². The summed E-state index contributed by atoms with van der Waals surface area (Å²) in [7, 11) is 0. The summed E-state index contributed by atoms with van der Waals surface area (Å²) in [6.45, 7) is 1.67. The Morgan fingerprint density at radius 3 is 2.73 bits per heavy atom. The molecule has 126 valence electrons. The van der Waals surface area contributed by atoms with Crippen LogP contribution in [0.25, 0.3) is 16.8 Å². The molecular weight excluding hydrogens is 328 g/mol. The summed E-state index contributed by atoms with van der Waals surface area (Å²) in [5.41, 5.74) is 1.70. The quantitative estimate of drug-likeness (QED) is 0.609. The molecule has 0 saturated heterocycles. The highest BCUT2D eigenvalue weighted by atomic mass is 16.4. The lowest BCUT2D eigenvalue weighted by Crippen LogP contribution is -2.14. The largest absolute Gasteiger partial charge is 0.443 e. The first kappa shape index (κ1) is 15.7. The molecule has 0 atom stereocenters. The zero-order valence-corrected chi connectivity index (χ0v) is 13.9. The van der Waals surface area contributed by atoms with E-state index in [0.717, 1.165) is 5.39 Å². The number of pyridine rings is 1. The third-order valence-electron chi connectivity index (χ3n) is 4.12. The van der Waals surface area contributed by atoms with Gasteiger partial charge in [0.15, 0.2) is 0 Å². The second-order valence-electron chi connectivity index (χ2n) is 5.75. The number of fused-ring (bicyclic) bond motifs is 1. The van der Waals surface area contributed by atoms with Crippen molar-refractivity contribution in [1.82, 2.24) is 9.55 Å². The van der Waals surface area contributed by atoms with Crippen LogP contribution >= 0.6 is 0 Å². The third kappa shape index (κ3) is 2.52. The summed E-state index contributed by atoms with van der Waals surface area (Å²) in [5.74, 6) is 0.312. The van der Waals surface area contributed by atoms with Crippen LogP contribution in [0.2, 0.25) is 0 Å². The number of furan rings is 1. The van der Waals surface area contributed by atoms with Gasteiger partial charge in [-0.05, 0) is 31.2 Å². The van der Waals surface area contributed by atoms with Crippen LogP contribution in [0, 0.1) is 18.3 Å². The molecule has 0 radical (unpaired) electrons. The van der Waals surface area contributed by atoms with E-state index in [9.17, 15) is 10.1 Å². The van der Waals surface area contributed by atoms with Crippen molar-refractivity contribution in [2.24, 2.45) is 0 Å². The maximum atomic E-state index is 12.9. The van der Waals surface area contributed by atoms with E-state index in [1.807, 2.05) is 36.4 Å². The number of nitrogens with one attached hydrogen (secondary N) is 1. The van der Waals surface area contributed by atoms with Crippen molar-refractivity contribution in [3.63, 3.8) is 0 Å². The lowest BCUT2D eigenvalue weighted by molar-refractivity contribution is 0.102. The van der Waals surface area contributed by atoms with Gasteiger partial charge in [-0.1, -0.05) is 18.2 Å². The Morgan fingerprint density at radius 2 is 1.96 bits per heavy atom. The number of hydrogen-bond donors (Lipinski definition) is 1. The number of anilines is 1. The molecule has 0 fully saturated rings. The Hall–Kier alpha value is -3.85. The van der Waals surface area contributed by atoms with Crippen LogP contribution in [0.1, 0.15) is 21.7 Å². The van der Waals surface area contributed by atoms with E-state index >= 15 is 0 Å². The predicted octanol–water partition coefficient (Wildman–Crippen LogP) is 4.05. The van der Waals surface area contributed by atoms with Crippen molar-refractivity contribution >= 4 is 22.5 Å². The van der Waals surface area contributed by atoms with E-state index in [2.05, 4.69) is 16.4 Å². The van der Waals surface area contributed by atoms with E-state index in [4.69, 9.17) is 4.42 Å². The van der Waals surface area contributed by atoms with Crippen LogP contribution in [0.3, 0.4) is 0 Å². The fraction of sp³-hybridized carbons (Fsp3) is 0.0500. The van der Waals surface area contributed by atoms with Crippen LogP contribution in [-0.2, 0) is 0 Å². The van der Waals surface area contributed by atoms with Crippen LogP contribution in [0.5, 0.6) is 0 Å². The van der Waals surface area contributed by atoms with Crippen molar-refractivity contribution in [3.05, 3.63) is 77.9 Å². The van der Waals surface area contributed by atoms with E-state index in [-0.39, 0.29) is 11.1 Å². The first-order valence-corrected chi connectivity index (χ1v) is 8.01. The molecule has 6 nitrogen and oxygen atoms in total. The predicted molar refractivity (Wildman–Crippen MR) is 97.2 cm³/mol. The van der Waals surface area contributed by atoms with Gasteiger partial charge in [0.1, 0.15) is 23.0 Å². The molecule has 1 N–H and O–H groups in total. The fourth-order valence-electron chi connectivity index (χ4n) is 2.95. The zero-order chi connectivity index (χ0) is 18.1. The fourth-order valence-corrected chi connectivity index (χ4v) is 2.95. The minimum absolute atomic E-state index is 0.199. The van der Waals surface area contributed by atoms with Gasteiger partial charge >= 0.3 is 0 Å². The van der Waals surface area contributed by atoms with Gasteiger partial charge in [-0.2, -0.15) is 5.26 Å². The number of nitriles is 1. The first-order valence-electron chi connectivity index (χ1n) is 8.01. The Balaban J connectivity index is 1.76. The van der Waals surface area contributed by atoms with Gasteiger partial charge in [-0.25, -0.2) is 0 Å². The van der Waals surface area contributed by atoms with Crippen molar-refractivity contribution in [3.8, 4) is 12.0 Å². The molecule has 26 heavy (non-hydrogen) atoms. The minimum Gasteiger partial charge on any atom is -0.443 e. The average Bonchev–Trinajstić information content (AvgIpc) is 3.29. The molecule has 1 aromatic carbocycles. The van der Waals surface area contributed by atoms with Crippen molar-refractivity contribution < 1.29 is 9.21 Å². The van der Waals surface area contributed by atoms with Crippen LogP contribution < -0.4 is 5.32 Å². The Morgan fingerprint density at radius 1 is 1.19 bits per heavy atom. The molecule has 0 spiro atoms. The molecule has 6 heteroatoms. The second-order valence-corrected chi connectivity index (χ2v) is 5.75. The zero-order valence-electron chi connectivity index (χ0n) is 13.9. The molecule has 0 saturated carbocycles. The van der Waals surface area contributed by atoms with Crippen molar-refractivity contribution in [2.45, 2.75) is 6.92 Å². The highest BCUT2D eigenvalue weighted by Gasteiger charge is 2.25. The van der Waals surface area contributed by atoms with Crippen LogP contribution in [0.4, 0.5) is 5.69 Å². The Bertz CT molecular complexity index is 1150. The van der Waals surface area contributed by atoms with Gasteiger partial charge in [-0.15, -0.1) is 0 Å². The van der Waals surface area contributed by atoms with Gasteiger partial charge in [0.25, 0.3) is 5.91 Å². The number of aromatic nitrogens is 2. The molecule has 1 amide bonds. The molecule has 3 aromatic heterocycles. The lowest BCUT2D eigenvalue weighted by atomic mass is 10.1. The smallest absolute Gasteiger partial charge is 0.260 e. The van der Waals surface area contributed by atoms with Gasteiger partial charge in [0.2, 0.25) is 5.88 Å². The molecule has 0 unspecified atom stereocenters. The first-order chi connectivity index (χ1) is 12.7. The number of hydrogen-bond acceptors (Lipinski definition) is 4. The summed E-state index contributed by atoms with van der Waals surface area (Å²) in [5, 5.41) is 13.4. The monoisotopic (exact) mass is 342 g/mol. The van der Waals surface area contributed by atoms with Gasteiger partial charge < -0.3 is 9.73 Å². The number of benzene rings is 1. The molecule has 0 bridgehead atoms. The summed E-state index contributed by atoms with van der Waals surface area (Å²) < 4.78 is 7.36. The maximum absolute atomic E-state index is 12.9. The minimum atomic E-state index is -0.403. The molecule has 0 aliphatic heterocycles. The number of para-hydroxylation sites is 1. The van der Waals surface area contributed by atoms with E-state index in [1.165, 1.54) is 0 Å². The van der Waals surface area contributed by atoms with Gasteiger partial charge in [-0.3, -0.25) is 14.3 Å². The Labute approximate surface area is 149 Å². The topological polar surface area (TPSA) is 83.8 Å². The highest BCUT2D eigenvalue weighted by Crippen LogP contribution is 2.27. The molecule has 3 heterocycles. The second kappa shape index (κ2) is 6.22. The SMILES string of the molecule is Cc1oc(-n2cccc2)c(C#N)c1C(=O)Nc1cccc2cccnc12. The van der Waals surface area contributed by atoms with E-state index < -0.39 is 5.91 Å². The normalized spacial score (nSPS) is 10.6. The lowest BCUT2D eigenvalue weighted by Gasteiger charge is -2.07. The number of carbonyl (C=O) groups is 1. The Kier molecular flexibility index (Phi) is 3.75. The van der Waals surface area contributed by atoms with Crippen LogP contribution in [0.15, 0.2) is 65.5 Å². The number of rotatable bonds is 3. The van der Waals surface area contributed by atoms with Gasteiger partial charge in [0, 0.05) is 24.0 Å². The summed E-state index contributed by atoms with van der Waals surface area (Å²) in [4.78, 5) is 17.2. The van der Waals surface area contributed by atoms with Crippen molar-refractivity contribution in [1.29, 1.82) is 5.26 Å². The summed E-state index contributed by atoms with van der Waals surface area (Å²) in [6, 6.07) is 15.0. The molecule has 0 aliphatic carbocycles. The highest BCUT2D eigenvalue weighted by molar-refractivity contribution is 6.10.